The fourth-order valence-corrected chi connectivity index (χ4v) is 5.04. The van der Waals surface area contributed by atoms with E-state index in [9.17, 15) is 14.7 Å². The third-order valence-electron chi connectivity index (χ3n) is 6.54. The number of hydrogen-bond acceptors (Lipinski definition) is 5. The molecular formula is C27H36O5. The van der Waals surface area contributed by atoms with Crippen molar-refractivity contribution in [3.63, 3.8) is 0 Å². The normalized spacial score (nSPS) is 24.8. The van der Waals surface area contributed by atoms with Crippen molar-refractivity contribution in [3.05, 3.63) is 46.6 Å². The molecule has 0 saturated heterocycles. The van der Waals surface area contributed by atoms with Crippen LogP contribution in [0.3, 0.4) is 0 Å². The summed E-state index contributed by atoms with van der Waals surface area (Å²) in [6, 6.07) is 1.70. The molecule has 1 N–H and O–H groups in total. The van der Waals surface area contributed by atoms with Crippen LogP contribution in [0.15, 0.2) is 29.9 Å². The number of carbonyl (C=O) groups is 2. The van der Waals surface area contributed by atoms with Crippen molar-refractivity contribution in [1.82, 2.24) is 0 Å². The summed E-state index contributed by atoms with van der Waals surface area (Å²) in [4.78, 5) is 25.1. The van der Waals surface area contributed by atoms with Gasteiger partial charge in [0, 0.05) is 18.4 Å². The molecule has 1 aliphatic carbocycles. The van der Waals surface area contributed by atoms with Gasteiger partial charge < -0.3 is 14.6 Å². The first kappa shape index (κ1) is 24.1. The maximum atomic E-state index is 13.2. The van der Waals surface area contributed by atoms with E-state index in [0.29, 0.717) is 23.3 Å². The highest BCUT2D eigenvalue weighted by Crippen LogP contribution is 2.51. The Hall–Kier alpha value is -2.56. The molecule has 0 radical (unpaired) electrons. The largest absolute Gasteiger partial charge is 0.507 e. The summed E-state index contributed by atoms with van der Waals surface area (Å²) in [6.45, 7) is 13.4. The number of unbranched alkanes of at least 4 members (excludes halogenated alkanes) is 2. The van der Waals surface area contributed by atoms with Gasteiger partial charge in [-0.1, -0.05) is 43.6 Å². The van der Waals surface area contributed by atoms with Gasteiger partial charge in [-0.25, -0.2) is 4.79 Å². The van der Waals surface area contributed by atoms with Crippen molar-refractivity contribution in [2.75, 3.05) is 0 Å². The number of aromatic hydroxyl groups is 1. The van der Waals surface area contributed by atoms with Crippen LogP contribution in [0.25, 0.3) is 0 Å². The molecule has 1 aromatic carbocycles. The molecule has 5 heteroatoms. The summed E-state index contributed by atoms with van der Waals surface area (Å²) in [5, 5.41) is 11.2. The molecule has 2 aliphatic rings. The van der Waals surface area contributed by atoms with Crippen LogP contribution in [-0.2, 0) is 16.0 Å². The van der Waals surface area contributed by atoms with E-state index < -0.39 is 11.8 Å². The minimum absolute atomic E-state index is 0.0537. The van der Waals surface area contributed by atoms with Gasteiger partial charge in [0.05, 0.1) is 6.42 Å². The van der Waals surface area contributed by atoms with Gasteiger partial charge in [-0.05, 0) is 64.0 Å². The van der Waals surface area contributed by atoms with E-state index in [0.717, 1.165) is 43.2 Å². The minimum Gasteiger partial charge on any atom is -0.507 e. The molecule has 32 heavy (non-hydrogen) atoms. The Labute approximate surface area is 191 Å². The van der Waals surface area contributed by atoms with E-state index in [1.165, 1.54) is 12.5 Å². The number of phenols is 1. The molecule has 0 aromatic heterocycles. The highest BCUT2D eigenvalue weighted by atomic mass is 16.7. The maximum Gasteiger partial charge on any atom is 0.345 e. The van der Waals surface area contributed by atoms with Crippen molar-refractivity contribution in [1.29, 1.82) is 0 Å². The second-order valence-corrected chi connectivity index (χ2v) is 9.66. The maximum absolute atomic E-state index is 13.2. The first-order chi connectivity index (χ1) is 15.1. The summed E-state index contributed by atoms with van der Waals surface area (Å²) >= 11 is 0. The number of hydrogen-bond donors (Lipinski definition) is 1. The molecular weight excluding hydrogens is 404 g/mol. The molecule has 3 atom stereocenters. The summed E-state index contributed by atoms with van der Waals surface area (Å²) in [7, 11) is 0. The number of phenolic OH excluding ortho intramolecular Hbond substituents is 1. The average molecular weight is 441 g/mol. The second-order valence-electron chi connectivity index (χ2n) is 9.66. The predicted molar refractivity (Wildman–Crippen MR) is 125 cm³/mol. The predicted octanol–water partition coefficient (Wildman–Crippen LogP) is 6.39. The SMILES string of the molecule is C=C(C)C1CCC(C)=CC1c1c(O)cc(CCCCC)c2c1OC(C)(CC(C)=O)OC2=O. The fourth-order valence-electron chi connectivity index (χ4n) is 5.04. The topological polar surface area (TPSA) is 72.8 Å². The molecule has 3 rings (SSSR count). The molecule has 0 saturated carbocycles. The molecule has 5 nitrogen and oxygen atoms in total. The van der Waals surface area contributed by atoms with E-state index in [1.807, 2.05) is 6.92 Å². The number of ketones is 1. The molecule has 1 aromatic rings. The number of cyclic esters (lactones) is 1. The smallest absolute Gasteiger partial charge is 0.345 e. The van der Waals surface area contributed by atoms with E-state index in [1.54, 1.807) is 13.0 Å². The number of carbonyl (C=O) groups excluding carboxylic acids is 2. The first-order valence-corrected chi connectivity index (χ1v) is 11.7. The number of ether oxygens (including phenoxy) is 2. The van der Waals surface area contributed by atoms with E-state index in [4.69, 9.17) is 9.47 Å². The van der Waals surface area contributed by atoms with Gasteiger partial charge >= 0.3 is 5.97 Å². The Morgan fingerprint density at radius 2 is 2.00 bits per heavy atom. The van der Waals surface area contributed by atoms with Crippen molar-refractivity contribution in [3.8, 4) is 11.5 Å². The van der Waals surface area contributed by atoms with Gasteiger partial charge in [0.1, 0.15) is 22.8 Å². The first-order valence-electron chi connectivity index (χ1n) is 11.7. The van der Waals surface area contributed by atoms with Crippen LogP contribution in [0.4, 0.5) is 0 Å². The fraction of sp³-hybridized carbons (Fsp3) is 0.556. The summed E-state index contributed by atoms with van der Waals surface area (Å²) in [5.74, 6) is -1.58. The van der Waals surface area contributed by atoms with Crippen LogP contribution >= 0.6 is 0 Å². The lowest BCUT2D eigenvalue weighted by Gasteiger charge is -2.39. The number of esters is 1. The molecule has 0 amide bonds. The van der Waals surface area contributed by atoms with E-state index >= 15 is 0 Å². The summed E-state index contributed by atoms with van der Waals surface area (Å²) in [5.41, 5.74) is 3.97. The highest BCUT2D eigenvalue weighted by Gasteiger charge is 2.44. The lowest BCUT2D eigenvalue weighted by molar-refractivity contribution is -0.155. The van der Waals surface area contributed by atoms with Crippen molar-refractivity contribution in [2.24, 2.45) is 5.92 Å². The lowest BCUT2D eigenvalue weighted by Crippen LogP contribution is -2.44. The van der Waals surface area contributed by atoms with Gasteiger partial charge in [-0.15, -0.1) is 0 Å². The Morgan fingerprint density at radius 3 is 2.62 bits per heavy atom. The van der Waals surface area contributed by atoms with Gasteiger partial charge in [0.2, 0.25) is 0 Å². The van der Waals surface area contributed by atoms with Crippen LogP contribution in [0.1, 0.15) is 101 Å². The van der Waals surface area contributed by atoms with E-state index in [2.05, 4.69) is 26.5 Å². The highest BCUT2D eigenvalue weighted by molar-refractivity contribution is 5.97. The van der Waals surface area contributed by atoms with Gasteiger partial charge in [-0.3, -0.25) is 4.79 Å². The van der Waals surface area contributed by atoms with Crippen molar-refractivity contribution in [2.45, 2.75) is 91.3 Å². The summed E-state index contributed by atoms with van der Waals surface area (Å²) in [6.07, 6.45) is 7.61. The van der Waals surface area contributed by atoms with Crippen LogP contribution < -0.4 is 4.74 Å². The molecule has 0 fully saturated rings. The van der Waals surface area contributed by atoms with E-state index in [-0.39, 0.29) is 29.8 Å². The van der Waals surface area contributed by atoms with Crippen molar-refractivity contribution >= 4 is 11.8 Å². The molecule has 3 unspecified atom stereocenters. The number of aryl methyl sites for hydroxylation is 1. The number of benzene rings is 1. The zero-order valence-electron chi connectivity index (χ0n) is 20.0. The number of Topliss-reactive ketones (excluding diaryl/α,β-unsaturated/α-hetero) is 1. The Kier molecular flexibility index (Phi) is 7.16. The zero-order valence-corrected chi connectivity index (χ0v) is 20.0. The second kappa shape index (κ2) is 9.51. The molecule has 174 valence electrons. The third kappa shape index (κ3) is 4.92. The van der Waals surface area contributed by atoms with Crippen molar-refractivity contribution < 1.29 is 24.2 Å². The van der Waals surface area contributed by atoms with Gasteiger partial charge in [-0.2, -0.15) is 0 Å². The van der Waals surface area contributed by atoms with Gasteiger partial charge in [0.15, 0.2) is 0 Å². The average Bonchev–Trinajstić information content (AvgIpc) is 2.66. The van der Waals surface area contributed by atoms with Crippen LogP contribution in [0.5, 0.6) is 11.5 Å². The number of allylic oxidation sites excluding steroid dienone is 3. The number of rotatable bonds is 8. The molecule has 1 aliphatic heterocycles. The van der Waals surface area contributed by atoms with Crippen LogP contribution in [0, 0.1) is 5.92 Å². The van der Waals surface area contributed by atoms with Gasteiger partial charge in [0.25, 0.3) is 5.79 Å². The quantitative estimate of drug-likeness (QED) is 0.288. The monoisotopic (exact) mass is 440 g/mol. The van der Waals surface area contributed by atoms with Crippen LogP contribution in [0.2, 0.25) is 0 Å². The minimum atomic E-state index is -1.40. The Morgan fingerprint density at radius 1 is 1.28 bits per heavy atom. The van der Waals surface area contributed by atoms with Crippen LogP contribution in [-0.4, -0.2) is 22.6 Å². The zero-order chi connectivity index (χ0) is 23.6. The molecule has 1 heterocycles. The molecule has 0 spiro atoms. The summed E-state index contributed by atoms with van der Waals surface area (Å²) < 4.78 is 11.9. The standard InChI is InChI=1S/C27H36O5/c1-7-8-9-10-19-14-22(29)24(21-13-17(4)11-12-20(21)16(2)3)25-23(19)26(30)32-27(6,31-25)15-18(5)28/h13-14,20-21,29H,2,7-12,15H2,1,3-6H3. The Bertz CT molecular complexity index is 957. The number of fused-ring (bicyclic) bond motifs is 1. The third-order valence-corrected chi connectivity index (χ3v) is 6.54. The Balaban J connectivity index is 2.21. The molecule has 0 bridgehead atoms. The lowest BCUT2D eigenvalue weighted by atomic mass is 9.73.